The number of nitrogens with zero attached hydrogens (tertiary/aromatic N) is 1. The zero-order valence-electron chi connectivity index (χ0n) is 14.3. The lowest BCUT2D eigenvalue weighted by Crippen LogP contribution is -2.22. The number of pyridine rings is 1. The van der Waals surface area contributed by atoms with Gasteiger partial charge >= 0.3 is 5.69 Å². The highest BCUT2D eigenvalue weighted by atomic mass is 35.5. The van der Waals surface area contributed by atoms with Crippen LogP contribution >= 0.6 is 11.6 Å². The Balaban J connectivity index is 1.96. The molecule has 1 aliphatic rings. The molecule has 0 radical (unpaired) electrons. The number of nitrogens with one attached hydrogen (secondary N) is 2. The van der Waals surface area contributed by atoms with Gasteiger partial charge in [-0.1, -0.05) is 11.6 Å². The quantitative estimate of drug-likeness (QED) is 0.652. The predicted octanol–water partition coefficient (Wildman–Crippen LogP) is 2.93. The van der Waals surface area contributed by atoms with E-state index in [1.54, 1.807) is 12.1 Å². The molecule has 1 fully saturated rings. The van der Waals surface area contributed by atoms with Crippen molar-refractivity contribution in [3.63, 3.8) is 0 Å². The average Bonchev–Trinajstić information content (AvgIpc) is 3.44. The molecule has 2 heterocycles. The molecule has 3 aromatic rings. The van der Waals surface area contributed by atoms with Gasteiger partial charge in [-0.2, -0.15) is 0 Å². The Kier molecular flexibility index (Phi) is 4.45. The number of H-pyrrole nitrogens is 2. The Morgan fingerprint density at radius 2 is 2.04 bits per heavy atom. The summed E-state index contributed by atoms with van der Waals surface area (Å²) in [6.45, 7) is 0.00880. The summed E-state index contributed by atoms with van der Waals surface area (Å²) in [6.07, 6.45) is 1.88. The maximum absolute atomic E-state index is 14.8. The molecule has 27 heavy (non-hydrogen) atoms. The number of hydrogen-bond acceptors (Lipinski definition) is 5. The molecule has 1 aromatic carbocycles. The first kappa shape index (κ1) is 17.7. The monoisotopic (exact) mass is 391 g/mol. The molecule has 0 saturated heterocycles. The summed E-state index contributed by atoms with van der Waals surface area (Å²) in [7, 11) is 1.49. The summed E-state index contributed by atoms with van der Waals surface area (Å²) in [4.78, 5) is 32.1. The van der Waals surface area contributed by atoms with E-state index in [1.165, 1.54) is 7.11 Å². The van der Waals surface area contributed by atoms with Crippen LogP contribution in [0.15, 0.2) is 27.8 Å². The van der Waals surface area contributed by atoms with Crippen LogP contribution in [0, 0.1) is 5.82 Å². The molecule has 4 rings (SSSR count). The van der Waals surface area contributed by atoms with Gasteiger partial charge in [-0.05, 0) is 42.5 Å². The highest BCUT2D eigenvalue weighted by Crippen LogP contribution is 2.49. The molecule has 9 heteroatoms. The number of aromatic amines is 2. The third kappa shape index (κ3) is 3.33. The highest BCUT2D eigenvalue weighted by molar-refractivity contribution is 6.32. The Morgan fingerprint density at radius 1 is 1.26 bits per heavy atom. The lowest BCUT2D eigenvalue weighted by molar-refractivity contribution is 0.0511. The molecule has 140 valence electrons. The first-order valence-electron chi connectivity index (χ1n) is 8.26. The van der Waals surface area contributed by atoms with E-state index in [4.69, 9.17) is 21.1 Å². The van der Waals surface area contributed by atoms with E-state index in [0.29, 0.717) is 16.3 Å². The Bertz CT molecular complexity index is 1150. The van der Waals surface area contributed by atoms with Gasteiger partial charge in [-0.3, -0.25) is 14.8 Å². The number of benzene rings is 1. The number of ether oxygens (including phenoxy) is 2. The summed E-state index contributed by atoms with van der Waals surface area (Å²) in [5.41, 5.74) is -0.174. The standard InChI is InChI=1S/C18H15ClFN3O4/c1-26-7-27-9-4-10(14(8-2-3-8)12(19)5-9)15-13(20)6-11-16(21-15)22-18(25)23-17(11)24/h4-6,8H,2-3,7H2,1H3,(H2,21,22,23,24,25). The summed E-state index contributed by atoms with van der Waals surface area (Å²) in [5, 5.41) is 0.406. The average molecular weight is 392 g/mol. The van der Waals surface area contributed by atoms with Gasteiger partial charge in [0.05, 0.1) is 5.39 Å². The van der Waals surface area contributed by atoms with Gasteiger partial charge in [0, 0.05) is 17.7 Å². The molecule has 0 atom stereocenters. The van der Waals surface area contributed by atoms with Gasteiger partial charge in [0.2, 0.25) is 0 Å². The molecule has 0 spiro atoms. The lowest BCUT2D eigenvalue weighted by atomic mass is 9.99. The zero-order chi connectivity index (χ0) is 19.1. The van der Waals surface area contributed by atoms with Crippen LogP contribution in [0.2, 0.25) is 5.02 Å². The first-order chi connectivity index (χ1) is 13.0. The fraction of sp³-hybridized carbons (Fsp3) is 0.278. The van der Waals surface area contributed by atoms with Crippen LogP contribution in [0.5, 0.6) is 5.75 Å². The normalized spacial score (nSPS) is 13.9. The number of aromatic nitrogens is 3. The second-order valence-electron chi connectivity index (χ2n) is 6.31. The van der Waals surface area contributed by atoms with Crippen molar-refractivity contribution in [3.05, 3.63) is 55.4 Å². The van der Waals surface area contributed by atoms with Crippen molar-refractivity contribution >= 4 is 22.6 Å². The van der Waals surface area contributed by atoms with Gasteiger partial charge in [-0.25, -0.2) is 14.2 Å². The third-order valence-corrected chi connectivity index (χ3v) is 4.68. The Hall–Kier alpha value is -2.71. The minimum absolute atomic E-state index is 0.00114. The van der Waals surface area contributed by atoms with Crippen LogP contribution in [0.25, 0.3) is 22.3 Å². The van der Waals surface area contributed by atoms with Crippen molar-refractivity contribution < 1.29 is 13.9 Å². The first-order valence-corrected chi connectivity index (χ1v) is 8.64. The lowest BCUT2D eigenvalue weighted by Gasteiger charge is -2.15. The number of hydrogen-bond donors (Lipinski definition) is 2. The minimum atomic E-state index is -0.713. The molecular weight excluding hydrogens is 377 g/mol. The maximum Gasteiger partial charge on any atom is 0.327 e. The van der Waals surface area contributed by atoms with Crippen molar-refractivity contribution in [2.24, 2.45) is 0 Å². The van der Waals surface area contributed by atoms with Crippen LogP contribution in [-0.4, -0.2) is 28.9 Å². The van der Waals surface area contributed by atoms with E-state index in [0.717, 1.165) is 24.5 Å². The largest absolute Gasteiger partial charge is 0.467 e. The third-order valence-electron chi connectivity index (χ3n) is 4.37. The molecule has 0 amide bonds. The van der Waals surface area contributed by atoms with Crippen LogP contribution in [0.1, 0.15) is 24.3 Å². The van der Waals surface area contributed by atoms with Gasteiger partial charge in [0.1, 0.15) is 22.9 Å². The number of fused-ring (bicyclic) bond motifs is 1. The van der Waals surface area contributed by atoms with E-state index in [9.17, 15) is 14.0 Å². The van der Waals surface area contributed by atoms with Crippen molar-refractivity contribution in [1.29, 1.82) is 0 Å². The second kappa shape index (κ2) is 6.79. The topological polar surface area (TPSA) is 97.1 Å². The predicted molar refractivity (Wildman–Crippen MR) is 97.9 cm³/mol. The summed E-state index contributed by atoms with van der Waals surface area (Å²) in [6, 6.07) is 4.35. The second-order valence-corrected chi connectivity index (χ2v) is 6.72. The smallest absolute Gasteiger partial charge is 0.327 e. The van der Waals surface area contributed by atoms with Crippen molar-refractivity contribution in [1.82, 2.24) is 15.0 Å². The van der Waals surface area contributed by atoms with E-state index in [-0.39, 0.29) is 29.4 Å². The van der Waals surface area contributed by atoms with Crippen LogP contribution in [0.4, 0.5) is 4.39 Å². The molecule has 0 unspecified atom stereocenters. The summed E-state index contributed by atoms with van der Waals surface area (Å²) >= 11 is 6.44. The number of halogens is 2. The molecule has 0 aliphatic heterocycles. The number of methoxy groups -OCH3 is 1. The minimum Gasteiger partial charge on any atom is -0.467 e. The summed E-state index contributed by atoms with van der Waals surface area (Å²) in [5.74, 6) is -0.0806. The van der Waals surface area contributed by atoms with Crippen LogP contribution in [0.3, 0.4) is 0 Å². The van der Waals surface area contributed by atoms with E-state index in [1.807, 2.05) is 0 Å². The number of rotatable bonds is 5. The highest BCUT2D eigenvalue weighted by Gasteiger charge is 2.31. The van der Waals surface area contributed by atoms with Crippen molar-refractivity contribution in [2.45, 2.75) is 18.8 Å². The van der Waals surface area contributed by atoms with Crippen molar-refractivity contribution in [2.75, 3.05) is 13.9 Å². The van der Waals surface area contributed by atoms with Crippen LogP contribution in [-0.2, 0) is 4.74 Å². The van der Waals surface area contributed by atoms with E-state index < -0.39 is 17.1 Å². The fourth-order valence-corrected chi connectivity index (χ4v) is 3.41. The molecule has 2 N–H and O–H groups in total. The maximum atomic E-state index is 14.8. The fourth-order valence-electron chi connectivity index (χ4n) is 3.04. The van der Waals surface area contributed by atoms with E-state index >= 15 is 0 Å². The molecule has 1 aliphatic carbocycles. The van der Waals surface area contributed by atoms with Gasteiger partial charge < -0.3 is 9.47 Å². The summed E-state index contributed by atoms with van der Waals surface area (Å²) < 4.78 is 25.2. The van der Waals surface area contributed by atoms with E-state index in [2.05, 4.69) is 15.0 Å². The SMILES string of the molecule is COCOc1cc(Cl)c(C2CC2)c(-c2nc3[nH]c(=O)[nH]c(=O)c3cc2F)c1. The molecule has 1 saturated carbocycles. The van der Waals surface area contributed by atoms with Gasteiger partial charge in [0.25, 0.3) is 5.56 Å². The van der Waals surface area contributed by atoms with Gasteiger partial charge in [0.15, 0.2) is 6.79 Å². The van der Waals surface area contributed by atoms with Gasteiger partial charge in [-0.15, -0.1) is 0 Å². The molecule has 2 aromatic heterocycles. The molecular formula is C18H15ClFN3O4. The van der Waals surface area contributed by atoms with Crippen molar-refractivity contribution in [3.8, 4) is 17.0 Å². The molecule has 7 nitrogen and oxygen atoms in total. The Labute approximate surface area is 157 Å². The molecule has 0 bridgehead atoms. The zero-order valence-corrected chi connectivity index (χ0v) is 15.0. The Morgan fingerprint density at radius 3 is 2.74 bits per heavy atom. The van der Waals surface area contributed by atoms with Crippen LogP contribution < -0.4 is 16.0 Å².